The van der Waals surface area contributed by atoms with Gasteiger partial charge in [0.1, 0.15) is 11.9 Å². The summed E-state index contributed by atoms with van der Waals surface area (Å²) in [5.74, 6) is 0.860. The second-order valence-electron chi connectivity index (χ2n) is 6.42. The fourth-order valence-electron chi connectivity index (χ4n) is 3.47. The summed E-state index contributed by atoms with van der Waals surface area (Å²) in [5, 5.41) is 8.64. The lowest BCUT2D eigenvalue weighted by Gasteiger charge is -2.35. The van der Waals surface area contributed by atoms with Crippen molar-refractivity contribution in [2.75, 3.05) is 19.6 Å². The second-order valence-corrected chi connectivity index (χ2v) is 6.42. The van der Waals surface area contributed by atoms with Crippen LogP contribution in [-0.4, -0.2) is 54.8 Å². The number of imidazole rings is 1. The number of carbonyl (C=O) groups excluding carboxylic acids is 1. The third-order valence-electron chi connectivity index (χ3n) is 4.77. The van der Waals surface area contributed by atoms with Crippen LogP contribution < -0.4 is 5.32 Å². The van der Waals surface area contributed by atoms with E-state index in [4.69, 9.17) is 0 Å². The van der Waals surface area contributed by atoms with E-state index < -0.39 is 0 Å². The van der Waals surface area contributed by atoms with Gasteiger partial charge in [-0.3, -0.25) is 9.48 Å². The van der Waals surface area contributed by atoms with Crippen LogP contribution in [-0.2, 0) is 14.1 Å². The second kappa shape index (κ2) is 8.24. The SMILES string of the molecule is Cc1nn(C)c2ncc(C(=O)N3CCNCC3c3nccn3C)cc12.Cl.Cl. The summed E-state index contributed by atoms with van der Waals surface area (Å²) in [6.07, 6.45) is 5.31. The topological polar surface area (TPSA) is 80.9 Å². The molecule has 3 aromatic heterocycles. The van der Waals surface area contributed by atoms with Crippen LogP contribution in [0.5, 0.6) is 0 Å². The number of fused-ring (bicyclic) bond motifs is 1. The Morgan fingerprint density at radius 2 is 2.04 bits per heavy atom. The molecule has 146 valence electrons. The Labute approximate surface area is 169 Å². The Kier molecular flexibility index (Phi) is 6.46. The Morgan fingerprint density at radius 1 is 1.26 bits per heavy atom. The normalized spacial score (nSPS) is 16.7. The average Bonchev–Trinajstić information content (AvgIpc) is 3.17. The van der Waals surface area contributed by atoms with Crippen LogP contribution in [0.1, 0.15) is 27.9 Å². The first kappa shape index (κ1) is 21.1. The van der Waals surface area contributed by atoms with Gasteiger partial charge in [-0.2, -0.15) is 5.10 Å². The highest BCUT2D eigenvalue weighted by molar-refractivity contribution is 5.97. The van der Waals surface area contributed by atoms with Crippen molar-refractivity contribution in [3.8, 4) is 0 Å². The van der Waals surface area contributed by atoms with Gasteiger partial charge < -0.3 is 14.8 Å². The molecule has 0 radical (unpaired) electrons. The minimum absolute atomic E-state index is 0. The minimum atomic E-state index is -0.0908. The van der Waals surface area contributed by atoms with E-state index in [1.165, 1.54) is 0 Å². The van der Waals surface area contributed by atoms with Crippen molar-refractivity contribution in [3.63, 3.8) is 0 Å². The van der Waals surface area contributed by atoms with Gasteiger partial charge in [-0.1, -0.05) is 0 Å². The summed E-state index contributed by atoms with van der Waals surface area (Å²) < 4.78 is 3.70. The maximum absolute atomic E-state index is 13.2. The highest BCUT2D eigenvalue weighted by Crippen LogP contribution is 2.24. The summed E-state index contributed by atoms with van der Waals surface area (Å²) in [5.41, 5.74) is 2.25. The molecule has 4 heterocycles. The van der Waals surface area contributed by atoms with Gasteiger partial charge >= 0.3 is 0 Å². The van der Waals surface area contributed by atoms with Gasteiger partial charge in [-0.15, -0.1) is 24.8 Å². The lowest BCUT2D eigenvalue weighted by atomic mass is 10.1. The van der Waals surface area contributed by atoms with Gasteiger partial charge in [0.05, 0.1) is 11.3 Å². The van der Waals surface area contributed by atoms with Crippen molar-refractivity contribution in [2.45, 2.75) is 13.0 Å². The first-order valence-electron chi connectivity index (χ1n) is 8.34. The smallest absolute Gasteiger partial charge is 0.256 e. The number of hydrogen-bond acceptors (Lipinski definition) is 5. The van der Waals surface area contributed by atoms with Crippen molar-refractivity contribution < 1.29 is 4.79 Å². The summed E-state index contributed by atoms with van der Waals surface area (Å²) >= 11 is 0. The fraction of sp³-hybridized carbons (Fsp3) is 0.412. The number of carbonyl (C=O) groups is 1. The molecule has 1 amide bonds. The number of pyridine rings is 1. The Hall–Kier alpha value is -2.16. The number of piperazine rings is 1. The van der Waals surface area contributed by atoms with E-state index in [-0.39, 0.29) is 36.8 Å². The molecule has 1 atom stereocenters. The molecule has 1 fully saturated rings. The molecule has 0 aliphatic carbocycles. The van der Waals surface area contributed by atoms with E-state index in [2.05, 4.69) is 20.4 Å². The van der Waals surface area contributed by atoms with Gasteiger partial charge in [0.25, 0.3) is 5.91 Å². The minimum Gasteiger partial charge on any atom is -0.336 e. The summed E-state index contributed by atoms with van der Waals surface area (Å²) in [7, 11) is 3.81. The van der Waals surface area contributed by atoms with Crippen molar-refractivity contribution in [2.24, 2.45) is 14.1 Å². The highest BCUT2D eigenvalue weighted by Gasteiger charge is 2.31. The lowest BCUT2D eigenvalue weighted by Crippen LogP contribution is -2.49. The maximum atomic E-state index is 13.2. The molecular weight excluding hydrogens is 389 g/mol. The van der Waals surface area contributed by atoms with E-state index >= 15 is 0 Å². The molecular formula is C17H23Cl2N7O. The number of rotatable bonds is 2. The monoisotopic (exact) mass is 411 g/mol. The van der Waals surface area contributed by atoms with Crippen molar-refractivity contribution >= 4 is 41.8 Å². The van der Waals surface area contributed by atoms with E-state index in [1.807, 2.05) is 42.7 Å². The third kappa shape index (κ3) is 3.65. The van der Waals surface area contributed by atoms with Crippen LogP contribution in [0.4, 0.5) is 0 Å². The Balaban J connectivity index is 0.00000131. The van der Waals surface area contributed by atoms with Crippen LogP contribution in [0.2, 0.25) is 0 Å². The molecule has 1 aliphatic heterocycles. The fourth-order valence-corrected chi connectivity index (χ4v) is 3.47. The van der Waals surface area contributed by atoms with Crippen molar-refractivity contribution in [3.05, 3.63) is 41.7 Å². The summed E-state index contributed by atoms with van der Waals surface area (Å²) in [6.45, 7) is 4.03. The van der Waals surface area contributed by atoms with Crippen LogP contribution in [0.25, 0.3) is 11.0 Å². The average molecular weight is 412 g/mol. The van der Waals surface area contributed by atoms with Crippen molar-refractivity contribution in [1.82, 2.24) is 34.5 Å². The van der Waals surface area contributed by atoms with E-state index in [0.717, 1.165) is 29.1 Å². The highest BCUT2D eigenvalue weighted by atomic mass is 35.5. The number of aryl methyl sites for hydroxylation is 3. The zero-order valence-electron chi connectivity index (χ0n) is 15.4. The lowest BCUT2D eigenvalue weighted by molar-refractivity contribution is 0.0620. The number of hydrogen-bond donors (Lipinski definition) is 1. The van der Waals surface area contributed by atoms with Crippen LogP contribution in [0.15, 0.2) is 24.7 Å². The molecule has 3 aromatic rings. The predicted molar refractivity (Wildman–Crippen MR) is 108 cm³/mol. The van der Waals surface area contributed by atoms with Gasteiger partial charge in [-0.05, 0) is 13.0 Å². The summed E-state index contributed by atoms with van der Waals surface area (Å²) in [6, 6.07) is 1.80. The zero-order chi connectivity index (χ0) is 17.6. The number of nitrogens with one attached hydrogen (secondary N) is 1. The molecule has 4 rings (SSSR count). The number of nitrogens with zero attached hydrogens (tertiary/aromatic N) is 6. The molecule has 1 aliphatic rings. The quantitative estimate of drug-likeness (QED) is 0.692. The van der Waals surface area contributed by atoms with E-state index in [0.29, 0.717) is 18.7 Å². The van der Waals surface area contributed by atoms with Crippen molar-refractivity contribution in [1.29, 1.82) is 0 Å². The van der Waals surface area contributed by atoms with Gasteiger partial charge in [-0.25, -0.2) is 9.97 Å². The van der Waals surface area contributed by atoms with Crippen LogP contribution in [0.3, 0.4) is 0 Å². The molecule has 27 heavy (non-hydrogen) atoms. The molecule has 1 N–H and O–H groups in total. The summed E-state index contributed by atoms with van der Waals surface area (Å²) in [4.78, 5) is 23.9. The first-order chi connectivity index (χ1) is 12.1. The van der Waals surface area contributed by atoms with Gasteiger partial charge in [0, 0.05) is 57.7 Å². The maximum Gasteiger partial charge on any atom is 0.256 e. The third-order valence-corrected chi connectivity index (χ3v) is 4.77. The van der Waals surface area contributed by atoms with Crippen LogP contribution >= 0.6 is 24.8 Å². The predicted octanol–water partition coefficient (Wildman–Crippen LogP) is 1.64. The Bertz CT molecular complexity index is 952. The number of aromatic nitrogens is 5. The number of amides is 1. The molecule has 8 nitrogen and oxygen atoms in total. The van der Waals surface area contributed by atoms with E-state index in [9.17, 15) is 4.79 Å². The Morgan fingerprint density at radius 3 is 2.74 bits per heavy atom. The molecule has 0 spiro atoms. The standard InChI is InChI=1S/C17H21N7O.2ClH/c1-11-13-8-12(9-20-15(13)23(3)21-11)17(25)24-7-4-18-10-14(24)16-19-5-6-22(16)2;;/h5-6,8-9,14,18H,4,7,10H2,1-3H3;2*1H. The molecule has 0 aromatic carbocycles. The molecule has 1 unspecified atom stereocenters. The molecule has 1 saturated heterocycles. The zero-order valence-corrected chi connectivity index (χ0v) is 17.0. The van der Waals surface area contributed by atoms with Gasteiger partial charge in [0.2, 0.25) is 0 Å². The largest absolute Gasteiger partial charge is 0.336 e. The van der Waals surface area contributed by atoms with Crippen LogP contribution in [0, 0.1) is 6.92 Å². The van der Waals surface area contributed by atoms with E-state index in [1.54, 1.807) is 17.1 Å². The molecule has 10 heteroatoms. The number of halogens is 2. The first-order valence-corrected chi connectivity index (χ1v) is 8.34. The molecule has 0 saturated carbocycles. The van der Waals surface area contributed by atoms with Gasteiger partial charge in [0.15, 0.2) is 5.65 Å². The molecule has 0 bridgehead atoms.